The molecule has 0 saturated heterocycles. The summed E-state index contributed by atoms with van der Waals surface area (Å²) in [6.45, 7) is 4.62. The quantitative estimate of drug-likeness (QED) is 0.722. The van der Waals surface area contributed by atoms with Crippen LogP contribution in [0, 0.1) is 6.92 Å². The summed E-state index contributed by atoms with van der Waals surface area (Å²) in [6.07, 6.45) is 5.90. The number of hydrogen-bond acceptors (Lipinski definition) is 5. The first-order chi connectivity index (χ1) is 9.22. The molecule has 0 spiro atoms. The number of fused-ring (bicyclic) bond motifs is 1. The van der Waals surface area contributed by atoms with Crippen molar-refractivity contribution in [1.29, 1.82) is 0 Å². The van der Waals surface area contributed by atoms with E-state index in [-0.39, 0.29) is 11.7 Å². The predicted octanol–water partition coefficient (Wildman–Crippen LogP) is 3.91. The highest BCUT2D eigenvalue weighted by Gasteiger charge is 2.11. The van der Waals surface area contributed by atoms with Gasteiger partial charge in [0.25, 0.3) is 0 Å². The molecular formula is C14H19NO3S. The molecule has 0 fully saturated rings. The van der Waals surface area contributed by atoms with Crippen LogP contribution in [0.4, 0.5) is 0 Å². The van der Waals surface area contributed by atoms with Crippen LogP contribution in [0.5, 0.6) is 6.08 Å². The number of ether oxygens (including phenoxy) is 1. The van der Waals surface area contributed by atoms with Gasteiger partial charge < -0.3 is 9.15 Å². The summed E-state index contributed by atoms with van der Waals surface area (Å²) in [5, 5.41) is 2.48. The van der Waals surface area contributed by atoms with Gasteiger partial charge in [0.2, 0.25) is 0 Å². The molecule has 0 aliphatic heterocycles. The SMILES string of the molecule is CCCCCCCOc1nc2scc(C)c2c(=O)o1. The Morgan fingerprint density at radius 1 is 1.32 bits per heavy atom. The van der Waals surface area contributed by atoms with Crippen LogP contribution >= 0.6 is 11.3 Å². The lowest BCUT2D eigenvalue weighted by atomic mass is 10.2. The van der Waals surface area contributed by atoms with Crippen molar-refractivity contribution in [2.24, 2.45) is 0 Å². The van der Waals surface area contributed by atoms with E-state index in [9.17, 15) is 4.79 Å². The number of nitrogens with zero attached hydrogens (tertiary/aromatic N) is 1. The fourth-order valence-corrected chi connectivity index (χ4v) is 2.82. The summed E-state index contributed by atoms with van der Waals surface area (Å²) in [6, 6.07) is 0. The molecule has 0 aliphatic carbocycles. The largest absolute Gasteiger partial charge is 0.450 e. The van der Waals surface area contributed by atoms with Crippen LogP contribution in [0.1, 0.15) is 44.6 Å². The van der Waals surface area contributed by atoms with Gasteiger partial charge in [0.15, 0.2) is 0 Å². The molecular weight excluding hydrogens is 262 g/mol. The molecule has 2 aromatic rings. The first kappa shape index (κ1) is 14.1. The van der Waals surface area contributed by atoms with Crippen molar-refractivity contribution < 1.29 is 9.15 Å². The van der Waals surface area contributed by atoms with Crippen LogP contribution in [0.25, 0.3) is 10.2 Å². The van der Waals surface area contributed by atoms with E-state index in [0.29, 0.717) is 16.8 Å². The molecule has 2 aromatic heterocycles. The average molecular weight is 281 g/mol. The third-order valence-corrected chi connectivity index (χ3v) is 4.00. The van der Waals surface area contributed by atoms with Crippen molar-refractivity contribution in [1.82, 2.24) is 4.98 Å². The molecule has 0 N–H and O–H groups in total. The van der Waals surface area contributed by atoms with E-state index in [0.717, 1.165) is 18.4 Å². The zero-order valence-electron chi connectivity index (χ0n) is 11.4. The lowest BCUT2D eigenvalue weighted by Crippen LogP contribution is -2.05. The second-order valence-corrected chi connectivity index (χ2v) is 5.49. The van der Waals surface area contributed by atoms with Crippen LogP contribution in [0.3, 0.4) is 0 Å². The predicted molar refractivity (Wildman–Crippen MR) is 77.1 cm³/mol. The Morgan fingerprint density at radius 3 is 2.89 bits per heavy atom. The molecule has 4 nitrogen and oxygen atoms in total. The Hall–Kier alpha value is -1.36. The summed E-state index contributed by atoms with van der Waals surface area (Å²) in [4.78, 5) is 16.7. The molecule has 0 aromatic carbocycles. The maximum absolute atomic E-state index is 11.8. The Kier molecular flexibility index (Phi) is 4.96. The number of unbranched alkanes of at least 4 members (excludes halogenated alkanes) is 4. The number of thiophene rings is 1. The summed E-state index contributed by atoms with van der Waals surface area (Å²) in [5.74, 6) is 0. The van der Waals surface area contributed by atoms with Gasteiger partial charge in [-0.05, 0) is 24.3 Å². The third-order valence-electron chi connectivity index (χ3n) is 3.01. The van der Waals surface area contributed by atoms with E-state index >= 15 is 0 Å². The van der Waals surface area contributed by atoms with Crippen LogP contribution in [-0.2, 0) is 0 Å². The second kappa shape index (κ2) is 6.70. The first-order valence-corrected chi connectivity index (χ1v) is 7.62. The highest BCUT2D eigenvalue weighted by molar-refractivity contribution is 7.16. The highest BCUT2D eigenvalue weighted by atomic mass is 32.1. The summed E-state index contributed by atoms with van der Waals surface area (Å²) in [5.41, 5.74) is 0.553. The molecule has 2 heterocycles. The number of aryl methyl sites for hydroxylation is 1. The molecule has 0 amide bonds. The third kappa shape index (κ3) is 3.56. The van der Waals surface area contributed by atoms with E-state index in [4.69, 9.17) is 9.15 Å². The van der Waals surface area contributed by atoms with Crippen molar-refractivity contribution in [3.63, 3.8) is 0 Å². The summed E-state index contributed by atoms with van der Waals surface area (Å²) < 4.78 is 10.5. The van der Waals surface area contributed by atoms with Gasteiger partial charge in [0, 0.05) is 0 Å². The van der Waals surface area contributed by atoms with Gasteiger partial charge in [-0.2, -0.15) is 4.98 Å². The van der Waals surface area contributed by atoms with Gasteiger partial charge in [0.05, 0.1) is 6.61 Å². The molecule has 0 atom stereocenters. The minimum absolute atomic E-state index is 0.0924. The zero-order chi connectivity index (χ0) is 13.7. The standard InChI is InChI=1S/C14H19NO3S/c1-3-4-5-6-7-8-17-14-15-12-11(13(16)18-14)10(2)9-19-12/h9H,3-8H2,1-2H3. The van der Waals surface area contributed by atoms with Gasteiger partial charge in [0.1, 0.15) is 10.2 Å². The fraction of sp³-hybridized carbons (Fsp3) is 0.571. The lowest BCUT2D eigenvalue weighted by Gasteiger charge is -2.03. The number of hydrogen-bond donors (Lipinski definition) is 0. The summed E-state index contributed by atoms with van der Waals surface area (Å²) in [7, 11) is 0. The Labute approximate surface area is 116 Å². The molecule has 2 rings (SSSR count). The van der Waals surface area contributed by atoms with E-state index in [1.165, 1.54) is 30.6 Å². The number of rotatable bonds is 7. The highest BCUT2D eigenvalue weighted by Crippen LogP contribution is 2.22. The van der Waals surface area contributed by atoms with Gasteiger partial charge in [-0.3, -0.25) is 0 Å². The van der Waals surface area contributed by atoms with E-state index < -0.39 is 0 Å². The monoisotopic (exact) mass is 281 g/mol. The molecule has 0 aliphatic rings. The van der Waals surface area contributed by atoms with E-state index in [2.05, 4.69) is 11.9 Å². The minimum Gasteiger partial charge on any atom is -0.450 e. The summed E-state index contributed by atoms with van der Waals surface area (Å²) >= 11 is 1.44. The molecule has 0 radical (unpaired) electrons. The molecule has 5 heteroatoms. The zero-order valence-corrected chi connectivity index (χ0v) is 12.2. The Morgan fingerprint density at radius 2 is 2.11 bits per heavy atom. The van der Waals surface area contributed by atoms with Gasteiger partial charge in [-0.25, -0.2) is 4.79 Å². The van der Waals surface area contributed by atoms with Crippen LogP contribution in [0.15, 0.2) is 14.6 Å². The van der Waals surface area contributed by atoms with Crippen LogP contribution < -0.4 is 10.4 Å². The normalized spacial score (nSPS) is 11.1. The number of aromatic nitrogens is 1. The van der Waals surface area contributed by atoms with Gasteiger partial charge in [-0.1, -0.05) is 32.6 Å². The Bertz CT molecular complexity index is 588. The van der Waals surface area contributed by atoms with Crippen molar-refractivity contribution in [3.05, 3.63) is 21.4 Å². The van der Waals surface area contributed by atoms with Crippen molar-refractivity contribution in [3.8, 4) is 6.08 Å². The maximum Gasteiger partial charge on any atom is 0.397 e. The smallest absolute Gasteiger partial charge is 0.397 e. The second-order valence-electron chi connectivity index (χ2n) is 4.63. The maximum atomic E-state index is 11.8. The lowest BCUT2D eigenvalue weighted by molar-refractivity contribution is 0.211. The van der Waals surface area contributed by atoms with Crippen molar-refractivity contribution in [2.45, 2.75) is 46.0 Å². The minimum atomic E-state index is -0.357. The first-order valence-electron chi connectivity index (χ1n) is 6.74. The average Bonchev–Trinajstić information content (AvgIpc) is 2.76. The van der Waals surface area contributed by atoms with Gasteiger partial charge in [-0.15, -0.1) is 11.3 Å². The molecule has 19 heavy (non-hydrogen) atoms. The molecule has 0 unspecified atom stereocenters. The van der Waals surface area contributed by atoms with Gasteiger partial charge >= 0.3 is 11.7 Å². The molecule has 0 saturated carbocycles. The van der Waals surface area contributed by atoms with Crippen LogP contribution in [-0.4, -0.2) is 11.6 Å². The van der Waals surface area contributed by atoms with Crippen molar-refractivity contribution >= 4 is 21.6 Å². The van der Waals surface area contributed by atoms with E-state index in [1.54, 1.807) is 0 Å². The molecule has 0 bridgehead atoms. The fourth-order valence-electron chi connectivity index (χ4n) is 1.92. The Balaban J connectivity index is 1.93. The van der Waals surface area contributed by atoms with Crippen LogP contribution in [0.2, 0.25) is 0 Å². The molecule has 104 valence electrons. The van der Waals surface area contributed by atoms with E-state index in [1.807, 2.05) is 12.3 Å². The topological polar surface area (TPSA) is 52.3 Å². The van der Waals surface area contributed by atoms with Crippen molar-refractivity contribution in [2.75, 3.05) is 6.61 Å².